The largest absolute Gasteiger partial charge is 0.380 e. The quantitative estimate of drug-likeness (QED) is 0.741. The van der Waals surface area contributed by atoms with Gasteiger partial charge in [0.15, 0.2) is 11.6 Å². The molecule has 0 fully saturated rings. The molecular weight excluding hydrogens is 228 g/mol. The van der Waals surface area contributed by atoms with E-state index >= 15 is 0 Å². The van der Waals surface area contributed by atoms with Gasteiger partial charge in [0.25, 0.3) is 0 Å². The van der Waals surface area contributed by atoms with Crippen LogP contribution in [0.2, 0.25) is 0 Å². The molecule has 0 aliphatic heterocycles. The molecule has 0 aromatic carbocycles. The first-order valence-electron chi connectivity index (χ1n) is 5.43. The molecule has 3 rings (SSSR count). The van der Waals surface area contributed by atoms with Crippen molar-refractivity contribution < 1.29 is 4.52 Å². The summed E-state index contributed by atoms with van der Waals surface area (Å²) in [6, 6.07) is 9.32. The normalized spacial score (nSPS) is 10.4. The van der Waals surface area contributed by atoms with Crippen LogP contribution >= 0.6 is 0 Å². The summed E-state index contributed by atoms with van der Waals surface area (Å²) in [6.07, 6.45) is 5.10. The number of hydrogen-bond donors (Lipinski definition) is 1. The highest BCUT2D eigenvalue weighted by molar-refractivity contribution is 5.84. The zero-order valence-corrected chi connectivity index (χ0v) is 9.45. The molecule has 0 amide bonds. The summed E-state index contributed by atoms with van der Waals surface area (Å²) in [4.78, 5) is 8.32. The highest BCUT2D eigenvalue weighted by Crippen LogP contribution is 2.34. The van der Waals surface area contributed by atoms with Crippen LogP contribution in [0.15, 0.2) is 53.4 Å². The lowest BCUT2D eigenvalue weighted by Gasteiger charge is -2.00. The SMILES string of the molecule is Nc1noc(-c2cccnc2)c1-c1ccccn1. The molecule has 0 saturated heterocycles. The van der Waals surface area contributed by atoms with Gasteiger partial charge >= 0.3 is 0 Å². The highest BCUT2D eigenvalue weighted by Gasteiger charge is 2.18. The van der Waals surface area contributed by atoms with Gasteiger partial charge in [-0.2, -0.15) is 0 Å². The van der Waals surface area contributed by atoms with Crippen molar-refractivity contribution in [2.75, 3.05) is 5.73 Å². The average Bonchev–Trinajstić information content (AvgIpc) is 2.83. The molecule has 0 bridgehead atoms. The molecule has 0 atom stereocenters. The predicted octanol–water partition coefficient (Wildman–Crippen LogP) is 2.38. The molecule has 0 aliphatic rings. The minimum absolute atomic E-state index is 0.326. The van der Waals surface area contributed by atoms with Crippen molar-refractivity contribution in [2.24, 2.45) is 0 Å². The van der Waals surface area contributed by atoms with E-state index in [9.17, 15) is 0 Å². The summed E-state index contributed by atoms with van der Waals surface area (Å²) in [5.41, 5.74) is 8.10. The third kappa shape index (κ3) is 1.71. The van der Waals surface area contributed by atoms with Crippen LogP contribution < -0.4 is 5.73 Å². The fourth-order valence-electron chi connectivity index (χ4n) is 1.75. The lowest BCUT2D eigenvalue weighted by atomic mass is 10.1. The van der Waals surface area contributed by atoms with E-state index in [1.807, 2.05) is 30.3 Å². The van der Waals surface area contributed by atoms with Gasteiger partial charge in [-0.05, 0) is 24.3 Å². The Morgan fingerprint density at radius 2 is 2.00 bits per heavy atom. The van der Waals surface area contributed by atoms with Crippen molar-refractivity contribution in [2.45, 2.75) is 0 Å². The molecule has 0 unspecified atom stereocenters. The second kappa shape index (κ2) is 4.29. The van der Waals surface area contributed by atoms with Crippen molar-refractivity contribution in [3.05, 3.63) is 48.9 Å². The summed E-state index contributed by atoms with van der Waals surface area (Å²) in [6.45, 7) is 0. The molecule has 0 aliphatic carbocycles. The lowest BCUT2D eigenvalue weighted by Crippen LogP contribution is -1.90. The standard InChI is InChI=1S/C13H10N4O/c14-13-11(10-5-1-2-7-16-10)12(18-17-13)9-4-3-6-15-8-9/h1-8H,(H2,14,17). The summed E-state index contributed by atoms with van der Waals surface area (Å²) >= 11 is 0. The Bertz CT molecular complexity index is 649. The van der Waals surface area contributed by atoms with Crippen LogP contribution in [0.4, 0.5) is 5.82 Å². The molecule has 0 saturated carbocycles. The van der Waals surface area contributed by atoms with Gasteiger partial charge in [-0.1, -0.05) is 11.2 Å². The summed E-state index contributed by atoms with van der Waals surface area (Å²) in [5, 5.41) is 3.80. The molecule has 5 nitrogen and oxygen atoms in total. The van der Waals surface area contributed by atoms with Gasteiger partial charge in [-0.15, -0.1) is 0 Å². The Morgan fingerprint density at radius 1 is 1.06 bits per heavy atom. The minimum Gasteiger partial charge on any atom is -0.380 e. The van der Waals surface area contributed by atoms with Gasteiger partial charge in [-0.25, -0.2) is 0 Å². The zero-order chi connectivity index (χ0) is 12.4. The summed E-state index contributed by atoms with van der Waals surface area (Å²) in [5.74, 6) is 0.909. The molecule has 3 aromatic heterocycles. The Morgan fingerprint density at radius 3 is 2.72 bits per heavy atom. The third-order valence-corrected chi connectivity index (χ3v) is 2.56. The van der Waals surface area contributed by atoms with Crippen LogP contribution in [0.25, 0.3) is 22.6 Å². The van der Waals surface area contributed by atoms with Crippen LogP contribution in [0.5, 0.6) is 0 Å². The maximum Gasteiger partial charge on any atom is 0.180 e. The maximum atomic E-state index is 5.85. The van der Waals surface area contributed by atoms with Crippen molar-refractivity contribution in [1.29, 1.82) is 0 Å². The fourth-order valence-corrected chi connectivity index (χ4v) is 1.75. The zero-order valence-electron chi connectivity index (χ0n) is 9.45. The topological polar surface area (TPSA) is 77.8 Å². The smallest absolute Gasteiger partial charge is 0.180 e. The molecular formula is C13H10N4O. The van der Waals surface area contributed by atoms with Gasteiger partial charge in [0, 0.05) is 24.2 Å². The van der Waals surface area contributed by atoms with Gasteiger partial charge in [0.05, 0.1) is 11.3 Å². The molecule has 2 N–H and O–H groups in total. The molecule has 3 aromatic rings. The van der Waals surface area contributed by atoms with Crippen LogP contribution in [0.1, 0.15) is 0 Å². The van der Waals surface area contributed by atoms with Gasteiger partial charge in [0.1, 0.15) is 0 Å². The van der Waals surface area contributed by atoms with Gasteiger partial charge in [-0.3, -0.25) is 9.97 Å². The molecule has 88 valence electrons. The third-order valence-electron chi connectivity index (χ3n) is 2.56. The van der Waals surface area contributed by atoms with E-state index < -0.39 is 0 Å². The van der Waals surface area contributed by atoms with Crippen molar-refractivity contribution >= 4 is 5.82 Å². The Kier molecular flexibility index (Phi) is 2.49. The molecule has 5 heteroatoms. The van der Waals surface area contributed by atoms with E-state index in [0.29, 0.717) is 17.1 Å². The van der Waals surface area contributed by atoms with Crippen LogP contribution in [0.3, 0.4) is 0 Å². The monoisotopic (exact) mass is 238 g/mol. The first-order valence-corrected chi connectivity index (χ1v) is 5.43. The van der Waals surface area contributed by atoms with E-state index in [-0.39, 0.29) is 0 Å². The van der Waals surface area contributed by atoms with E-state index in [1.54, 1.807) is 18.6 Å². The second-order valence-electron chi connectivity index (χ2n) is 3.73. The molecule has 3 heterocycles. The van der Waals surface area contributed by atoms with E-state index in [0.717, 1.165) is 11.3 Å². The predicted molar refractivity (Wildman–Crippen MR) is 67.4 cm³/mol. The van der Waals surface area contributed by atoms with Crippen molar-refractivity contribution in [3.8, 4) is 22.6 Å². The number of aromatic nitrogens is 3. The minimum atomic E-state index is 0.326. The Labute approximate surface area is 103 Å². The van der Waals surface area contributed by atoms with E-state index in [1.165, 1.54) is 0 Å². The second-order valence-corrected chi connectivity index (χ2v) is 3.73. The van der Waals surface area contributed by atoms with E-state index in [2.05, 4.69) is 15.1 Å². The van der Waals surface area contributed by atoms with Gasteiger partial charge in [0.2, 0.25) is 0 Å². The number of rotatable bonds is 2. The number of hydrogen-bond acceptors (Lipinski definition) is 5. The van der Waals surface area contributed by atoms with Crippen LogP contribution in [-0.4, -0.2) is 15.1 Å². The van der Waals surface area contributed by atoms with E-state index in [4.69, 9.17) is 10.3 Å². The molecule has 0 spiro atoms. The molecule has 18 heavy (non-hydrogen) atoms. The number of anilines is 1. The number of nitrogens with zero attached hydrogens (tertiary/aromatic N) is 3. The Hall–Kier alpha value is -2.69. The Balaban J connectivity index is 2.19. The van der Waals surface area contributed by atoms with Gasteiger partial charge < -0.3 is 10.3 Å². The summed E-state index contributed by atoms with van der Waals surface area (Å²) in [7, 11) is 0. The average molecular weight is 238 g/mol. The first-order chi connectivity index (χ1) is 8.86. The van der Waals surface area contributed by atoms with Crippen LogP contribution in [0, 0.1) is 0 Å². The fraction of sp³-hybridized carbons (Fsp3) is 0. The molecule has 0 radical (unpaired) electrons. The number of nitrogens with two attached hydrogens (primary N) is 1. The van der Waals surface area contributed by atoms with Crippen molar-refractivity contribution in [1.82, 2.24) is 15.1 Å². The first kappa shape index (κ1) is 10.5. The summed E-state index contributed by atoms with van der Waals surface area (Å²) < 4.78 is 5.28. The maximum absolute atomic E-state index is 5.85. The van der Waals surface area contributed by atoms with Crippen molar-refractivity contribution in [3.63, 3.8) is 0 Å². The lowest BCUT2D eigenvalue weighted by molar-refractivity contribution is 0.436. The number of pyridine rings is 2. The van der Waals surface area contributed by atoms with Crippen LogP contribution in [-0.2, 0) is 0 Å². The number of nitrogen functional groups attached to an aromatic ring is 1. The highest BCUT2D eigenvalue weighted by atomic mass is 16.5.